The fourth-order valence-electron chi connectivity index (χ4n) is 3.30. The first-order valence-corrected chi connectivity index (χ1v) is 7.73. The van der Waals surface area contributed by atoms with Crippen molar-refractivity contribution in [2.75, 3.05) is 40.3 Å². The Labute approximate surface area is 126 Å². The van der Waals surface area contributed by atoms with Crippen molar-refractivity contribution in [2.24, 2.45) is 11.7 Å². The predicted octanol–water partition coefficient (Wildman–Crippen LogP) is 2.32. The quantitative estimate of drug-likeness (QED) is 0.916. The van der Waals surface area contributed by atoms with Gasteiger partial charge in [-0.1, -0.05) is 18.2 Å². The summed E-state index contributed by atoms with van der Waals surface area (Å²) in [6.07, 6.45) is 1.29. The first-order chi connectivity index (χ1) is 10.1. The number of likely N-dealkylation sites (tertiary alicyclic amines) is 1. The number of fused-ring (bicyclic) bond motifs is 1. The molecule has 4 nitrogen and oxygen atoms in total. The van der Waals surface area contributed by atoms with E-state index in [2.05, 4.69) is 36.0 Å². The van der Waals surface area contributed by atoms with Crippen LogP contribution in [-0.2, 0) is 0 Å². The summed E-state index contributed by atoms with van der Waals surface area (Å²) in [5, 5.41) is 1.13. The van der Waals surface area contributed by atoms with Crippen molar-refractivity contribution >= 4 is 11.0 Å². The molecule has 114 valence electrons. The van der Waals surface area contributed by atoms with Gasteiger partial charge in [0, 0.05) is 25.0 Å². The molecule has 0 amide bonds. The van der Waals surface area contributed by atoms with Gasteiger partial charge in [-0.25, -0.2) is 0 Å². The molecule has 0 bridgehead atoms. The smallest absolute Gasteiger partial charge is 0.134 e. The molecule has 0 spiro atoms. The maximum absolute atomic E-state index is 6.32. The Balaban J connectivity index is 1.58. The Morgan fingerprint density at radius 1 is 1.43 bits per heavy atom. The van der Waals surface area contributed by atoms with Gasteiger partial charge in [-0.3, -0.25) is 0 Å². The molecule has 1 aliphatic rings. The average Bonchev–Trinajstić information content (AvgIpc) is 3.04. The molecule has 1 aromatic heterocycles. The molecule has 0 aliphatic carbocycles. The number of hydrogen-bond donors (Lipinski definition) is 1. The summed E-state index contributed by atoms with van der Waals surface area (Å²) in [5.41, 5.74) is 7.23. The second-order valence-corrected chi connectivity index (χ2v) is 6.43. The van der Waals surface area contributed by atoms with E-state index in [4.69, 9.17) is 10.2 Å². The summed E-state index contributed by atoms with van der Waals surface area (Å²) >= 11 is 0. The van der Waals surface area contributed by atoms with E-state index >= 15 is 0 Å². The lowest BCUT2D eigenvalue weighted by Gasteiger charge is -2.23. The molecular weight excluding hydrogens is 262 g/mol. The van der Waals surface area contributed by atoms with Crippen LogP contribution < -0.4 is 5.73 Å². The van der Waals surface area contributed by atoms with E-state index in [0.29, 0.717) is 0 Å². The van der Waals surface area contributed by atoms with E-state index in [0.717, 1.165) is 35.7 Å². The summed E-state index contributed by atoms with van der Waals surface area (Å²) in [7, 11) is 4.35. The molecule has 2 N–H and O–H groups in total. The molecule has 2 unspecified atom stereocenters. The molecular formula is C17H25N3O. The van der Waals surface area contributed by atoms with E-state index in [1.165, 1.54) is 19.5 Å². The number of likely N-dealkylation sites (N-methyl/N-ethyl adjacent to an activating group) is 1. The Bertz CT molecular complexity index is 561. The normalized spacial score (nSPS) is 21.4. The van der Waals surface area contributed by atoms with Crippen LogP contribution in [0.2, 0.25) is 0 Å². The van der Waals surface area contributed by atoms with Crippen LogP contribution in [0.4, 0.5) is 0 Å². The van der Waals surface area contributed by atoms with Crippen LogP contribution in [0.5, 0.6) is 0 Å². The molecule has 1 aromatic carbocycles. The zero-order chi connectivity index (χ0) is 14.8. The number of nitrogens with two attached hydrogens (primary N) is 1. The number of para-hydroxylation sites is 1. The van der Waals surface area contributed by atoms with Gasteiger partial charge in [-0.2, -0.15) is 0 Å². The van der Waals surface area contributed by atoms with Gasteiger partial charge in [-0.15, -0.1) is 0 Å². The van der Waals surface area contributed by atoms with Gasteiger partial charge in [0.2, 0.25) is 0 Å². The molecule has 4 heteroatoms. The van der Waals surface area contributed by atoms with Gasteiger partial charge in [0.15, 0.2) is 0 Å². The molecule has 1 saturated heterocycles. The van der Waals surface area contributed by atoms with Crippen LogP contribution >= 0.6 is 0 Å². The molecule has 2 heterocycles. The molecule has 2 aromatic rings. The molecule has 1 aliphatic heterocycles. The summed E-state index contributed by atoms with van der Waals surface area (Å²) in [6.45, 7) is 4.36. The van der Waals surface area contributed by atoms with Crippen molar-refractivity contribution in [3.63, 3.8) is 0 Å². The zero-order valence-electron chi connectivity index (χ0n) is 13.0. The highest BCUT2D eigenvalue weighted by Crippen LogP contribution is 2.23. The van der Waals surface area contributed by atoms with Gasteiger partial charge in [-0.05, 0) is 45.1 Å². The summed E-state index contributed by atoms with van der Waals surface area (Å²) in [4.78, 5) is 4.74. The third-order valence-corrected chi connectivity index (χ3v) is 4.38. The van der Waals surface area contributed by atoms with Crippen molar-refractivity contribution in [3.05, 3.63) is 36.1 Å². The third-order valence-electron chi connectivity index (χ3n) is 4.38. The number of benzene rings is 1. The van der Waals surface area contributed by atoms with Crippen LogP contribution in [0.15, 0.2) is 34.7 Å². The average molecular weight is 287 g/mol. The standard InChI is InChI=1S/C17H25N3O/c1-19-8-7-13(10-19)11-20(2)12-15(18)17-9-14-5-3-4-6-16(14)21-17/h3-6,9,13,15H,7-8,10-12,18H2,1-2H3. The lowest BCUT2D eigenvalue weighted by atomic mass is 10.1. The maximum atomic E-state index is 6.32. The van der Waals surface area contributed by atoms with Crippen LogP contribution in [0, 0.1) is 5.92 Å². The number of furan rings is 1. The Hall–Kier alpha value is -1.36. The topological polar surface area (TPSA) is 45.6 Å². The van der Waals surface area contributed by atoms with Crippen LogP contribution in [0.3, 0.4) is 0 Å². The van der Waals surface area contributed by atoms with Crippen LogP contribution in [-0.4, -0.2) is 50.1 Å². The lowest BCUT2D eigenvalue weighted by molar-refractivity contribution is 0.252. The van der Waals surface area contributed by atoms with E-state index < -0.39 is 0 Å². The second-order valence-electron chi connectivity index (χ2n) is 6.43. The van der Waals surface area contributed by atoms with Crippen molar-refractivity contribution in [1.29, 1.82) is 0 Å². The van der Waals surface area contributed by atoms with Gasteiger partial charge in [0.1, 0.15) is 11.3 Å². The number of nitrogens with zero attached hydrogens (tertiary/aromatic N) is 2. The first-order valence-electron chi connectivity index (χ1n) is 7.73. The third kappa shape index (κ3) is 3.46. The molecule has 0 saturated carbocycles. The van der Waals surface area contributed by atoms with Crippen LogP contribution in [0.1, 0.15) is 18.2 Å². The lowest BCUT2D eigenvalue weighted by Crippen LogP contribution is -2.33. The second kappa shape index (κ2) is 6.18. The zero-order valence-corrected chi connectivity index (χ0v) is 13.0. The predicted molar refractivity (Wildman–Crippen MR) is 86.2 cm³/mol. The van der Waals surface area contributed by atoms with Crippen molar-refractivity contribution < 1.29 is 4.42 Å². The highest BCUT2D eigenvalue weighted by atomic mass is 16.3. The Morgan fingerprint density at radius 3 is 2.95 bits per heavy atom. The van der Waals surface area contributed by atoms with E-state index in [9.17, 15) is 0 Å². The minimum Gasteiger partial charge on any atom is -0.459 e. The van der Waals surface area contributed by atoms with Crippen molar-refractivity contribution in [1.82, 2.24) is 9.80 Å². The number of rotatable bonds is 5. The Morgan fingerprint density at radius 2 is 2.24 bits per heavy atom. The molecule has 2 atom stereocenters. The molecule has 3 rings (SSSR count). The molecule has 1 fully saturated rings. The largest absolute Gasteiger partial charge is 0.459 e. The van der Waals surface area contributed by atoms with E-state index in [1.807, 2.05) is 18.2 Å². The number of hydrogen-bond acceptors (Lipinski definition) is 4. The van der Waals surface area contributed by atoms with Gasteiger partial charge in [0.05, 0.1) is 6.04 Å². The summed E-state index contributed by atoms with van der Waals surface area (Å²) in [5.74, 6) is 1.65. The minimum absolute atomic E-state index is 0.0680. The highest BCUT2D eigenvalue weighted by Gasteiger charge is 2.22. The fraction of sp³-hybridized carbons (Fsp3) is 0.529. The molecule has 0 radical (unpaired) electrons. The van der Waals surface area contributed by atoms with E-state index in [-0.39, 0.29) is 6.04 Å². The summed E-state index contributed by atoms with van der Waals surface area (Å²) < 4.78 is 5.86. The Kier molecular flexibility index (Phi) is 4.29. The summed E-state index contributed by atoms with van der Waals surface area (Å²) in [6, 6.07) is 10.1. The van der Waals surface area contributed by atoms with Gasteiger partial charge < -0.3 is 20.0 Å². The van der Waals surface area contributed by atoms with Crippen LogP contribution in [0.25, 0.3) is 11.0 Å². The SMILES string of the molecule is CN1CCC(CN(C)CC(N)c2cc3ccccc3o2)C1. The first kappa shape index (κ1) is 14.6. The fourth-order valence-corrected chi connectivity index (χ4v) is 3.30. The van der Waals surface area contributed by atoms with Gasteiger partial charge in [0.25, 0.3) is 0 Å². The van der Waals surface area contributed by atoms with E-state index in [1.54, 1.807) is 0 Å². The molecule has 21 heavy (non-hydrogen) atoms. The van der Waals surface area contributed by atoms with Crippen molar-refractivity contribution in [3.8, 4) is 0 Å². The highest BCUT2D eigenvalue weighted by molar-refractivity contribution is 5.77. The van der Waals surface area contributed by atoms with Crippen molar-refractivity contribution in [2.45, 2.75) is 12.5 Å². The monoisotopic (exact) mass is 287 g/mol. The maximum Gasteiger partial charge on any atom is 0.134 e. The van der Waals surface area contributed by atoms with Gasteiger partial charge >= 0.3 is 0 Å². The minimum atomic E-state index is -0.0680.